The van der Waals surface area contributed by atoms with E-state index in [-0.39, 0.29) is 33.0 Å². The zero-order valence-corrected chi connectivity index (χ0v) is 19.5. The number of nitrogens with zero attached hydrogens (tertiary/aromatic N) is 1. The number of hydrogen-bond donors (Lipinski definition) is 1. The molecule has 0 spiro atoms. The van der Waals surface area contributed by atoms with Crippen molar-refractivity contribution in [1.82, 2.24) is 10.2 Å². The van der Waals surface area contributed by atoms with Crippen LogP contribution in [-0.2, 0) is 0 Å². The molecule has 170 valence electrons. The molecule has 1 N–H and O–H groups in total. The molecule has 35 heavy (non-hydrogen) atoms. The maximum atomic E-state index is 13.4. The predicted octanol–water partition coefficient (Wildman–Crippen LogP) is 4.03. The van der Waals surface area contributed by atoms with Crippen molar-refractivity contribution in [3.8, 4) is 20.9 Å². The molecule has 2 aromatic carbocycles. The molecular formula is C25H12N2O6S2. The third-order valence-corrected chi connectivity index (χ3v) is 8.26. The molecule has 4 aromatic rings. The zero-order chi connectivity index (χ0) is 24.6. The molecule has 0 saturated heterocycles. The smallest absolute Gasteiger partial charge is 0.261 e. The molecule has 0 bridgehead atoms. The van der Waals surface area contributed by atoms with Gasteiger partial charge in [0.15, 0.2) is 12.6 Å². The van der Waals surface area contributed by atoms with Gasteiger partial charge in [-0.1, -0.05) is 0 Å². The summed E-state index contributed by atoms with van der Waals surface area (Å²) in [6.45, 7) is 0. The molecule has 6 rings (SSSR count). The van der Waals surface area contributed by atoms with E-state index in [9.17, 15) is 28.8 Å². The summed E-state index contributed by atoms with van der Waals surface area (Å²) in [4.78, 5) is 78.3. The van der Waals surface area contributed by atoms with E-state index in [1.54, 1.807) is 30.3 Å². The summed E-state index contributed by atoms with van der Waals surface area (Å²) in [7, 11) is 1.37. The van der Waals surface area contributed by atoms with E-state index in [1.807, 2.05) is 0 Å². The van der Waals surface area contributed by atoms with Crippen LogP contribution in [0.25, 0.3) is 31.7 Å². The first-order valence-electron chi connectivity index (χ1n) is 10.3. The lowest BCUT2D eigenvalue weighted by Crippen LogP contribution is -2.40. The third kappa shape index (κ3) is 2.84. The summed E-state index contributed by atoms with van der Waals surface area (Å²) in [5, 5.41) is 2.82. The zero-order valence-electron chi connectivity index (χ0n) is 17.8. The van der Waals surface area contributed by atoms with Gasteiger partial charge < -0.3 is 0 Å². The van der Waals surface area contributed by atoms with Gasteiger partial charge in [0.25, 0.3) is 23.6 Å². The predicted molar refractivity (Wildman–Crippen MR) is 130 cm³/mol. The largest absolute Gasteiger partial charge is 0.297 e. The van der Waals surface area contributed by atoms with E-state index in [2.05, 4.69) is 5.32 Å². The molecular weight excluding hydrogens is 488 g/mol. The Labute approximate surface area is 204 Å². The normalized spacial score (nSPS) is 14.5. The highest BCUT2D eigenvalue weighted by Gasteiger charge is 2.39. The molecule has 0 atom stereocenters. The lowest BCUT2D eigenvalue weighted by molar-refractivity contribution is 0.0648. The van der Waals surface area contributed by atoms with Crippen LogP contribution in [0, 0.1) is 0 Å². The Balaban J connectivity index is 1.82. The summed E-state index contributed by atoms with van der Waals surface area (Å²) < 4.78 is 0. The third-order valence-electron chi connectivity index (χ3n) is 6.17. The second-order valence-corrected chi connectivity index (χ2v) is 10.3. The van der Waals surface area contributed by atoms with Crippen molar-refractivity contribution in [2.24, 2.45) is 0 Å². The average Bonchev–Trinajstić information content (AvgIpc) is 3.53. The van der Waals surface area contributed by atoms with Gasteiger partial charge in [-0.2, -0.15) is 0 Å². The van der Waals surface area contributed by atoms with Crippen molar-refractivity contribution < 1.29 is 28.8 Å². The first-order valence-corrected chi connectivity index (χ1v) is 11.9. The fraction of sp³-hybridized carbons (Fsp3) is 0.0400. The van der Waals surface area contributed by atoms with Crippen molar-refractivity contribution in [3.05, 3.63) is 68.4 Å². The number of amides is 4. The first kappa shape index (κ1) is 21.3. The fourth-order valence-corrected chi connectivity index (χ4v) is 6.32. The molecule has 2 aliphatic rings. The summed E-state index contributed by atoms with van der Waals surface area (Å²) in [6, 6.07) is 9.64. The van der Waals surface area contributed by atoms with Crippen molar-refractivity contribution in [2.75, 3.05) is 7.05 Å². The molecule has 4 amide bonds. The van der Waals surface area contributed by atoms with E-state index >= 15 is 0 Å². The van der Waals surface area contributed by atoms with Crippen LogP contribution in [-0.4, -0.2) is 48.1 Å². The van der Waals surface area contributed by atoms with E-state index < -0.39 is 23.6 Å². The van der Waals surface area contributed by atoms with Gasteiger partial charge >= 0.3 is 0 Å². The number of rotatable bonds is 4. The lowest BCUT2D eigenvalue weighted by atomic mass is 9.81. The Morgan fingerprint density at radius 1 is 0.686 bits per heavy atom. The second-order valence-electron chi connectivity index (χ2n) is 8.04. The van der Waals surface area contributed by atoms with Crippen LogP contribution in [0.5, 0.6) is 0 Å². The van der Waals surface area contributed by atoms with Gasteiger partial charge in [0.2, 0.25) is 0 Å². The Kier molecular flexibility index (Phi) is 4.47. The van der Waals surface area contributed by atoms with Crippen LogP contribution >= 0.6 is 22.7 Å². The van der Waals surface area contributed by atoms with Crippen molar-refractivity contribution in [1.29, 1.82) is 0 Å². The molecule has 0 fully saturated rings. The number of benzene rings is 2. The van der Waals surface area contributed by atoms with Crippen LogP contribution in [0.3, 0.4) is 0 Å². The Morgan fingerprint density at radius 2 is 1.23 bits per heavy atom. The van der Waals surface area contributed by atoms with E-state index in [1.165, 1.54) is 13.1 Å². The van der Waals surface area contributed by atoms with E-state index in [0.717, 1.165) is 27.6 Å². The molecule has 8 nitrogen and oxygen atoms in total. The molecule has 0 aliphatic carbocycles. The molecule has 0 radical (unpaired) electrons. The van der Waals surface area contributed by atoms with Crippen LogP contribution in [0.4, 0.5) is 0 Å². The lowest BCUT2D eigenvalue weighted by Gasteiger charge is -2.30. The van der Waals surface area contributed by atoms with Crippen LogP contribution in [0.2, 0.25) is 0 Å². The Hall–Kier alpha value is -4.28. The SMILES string of the molecule is CN1C(=O)c2cc(-c3ccc(C=O)s3)c3c4c(cc(-c5ccc(C=O)s5)c(c24)C1=O)C(=O)NC3=O. The summed E-state index contributed by atoms with van der Waals surface area (Å²) >= 11 is 2.30. The minimum Gasteiger partial charge on any atom is -0.297 e. The van der Waals surface area contributed by atoms with Crippen LogP contribution in [0.15, 0.2) is 36.4 Å². The van der Waals surface area contributed by atoms with Crippen LogP contribution in [0.1, 0.15) is 60.8 Å². The Morgan fingerprint density at radius 3 is 1.80 bits per heavy atom. The minimum atomic E-state index is -0.651. The minimum absolute atomic E-state index is 0.148. The van der Waals surface area contributed by atoms with Crippen LogP contribution < -0.4 is 5.32 Å². The van der Waals surface area contributed by atoms with Gasteiger partial charge in [-0.3, -0.25) is 39.0 Å². The topological polar surface area (TPSA) is 118 Å². The van der Waals surface area contributed by atoms with Gasteiger partial charge in [-0.05, 0) is 36.4 Å². The number of thiophene rings is 2. The van der Waals surface area contributed by atoms with Gasteiger partial charge in [-0.25, -0.2) is 0 Å². The number of imide groups is 2. The van der Waals surface area contributed by atoms with E-state index in [4.69, 9.17) is 0 Å². The quantitative estimate of drug-likeness (QED) is 0.334. The maximum Gasteiger partial charge on any atom is 0.261 e. The number of nitrogens with one attached hydrogen (secondary N) is 1. The van der Waals surface area contributed by atoms with E-state index in [0.29, 0.717) is 43.2 Å². The molecule has 0 unspecified atom stereocenters. The van der Waals surface area contributed by atoms with Crippen molar-refractivity contribution >= 4 is 69.6 Å². The molecule has 10 heteroatoms. The summed E-state index contributed by atoms with van der Waals surface area (Å²) in [5.41, 5.74) is 1.47. The van der Waals surface area contributed by atoms with Gasteiger partial charge in [0.05, 0.1) is 20.9 Å². The van der Waals surface area contributed by atoms with Crippen molar-refractivity contribution in [3.63, 3.8) is 0 Å². The van der Waals surface area contributed by atoms with Gasteiger partial charge in [0, 0.05) is 49.8 Å². The highest BCUT2D eigenvalue weighted by Crippen LogP contribution is 2.46. The Bertz CT molecular complexity index is 1710. The average molecular weight is 501 g/mol. The highest BCUT2D eigenvalue weighted by molar-refractivity contribution is 7.17. The summed E-state index contributed by atoms with van der Waals surface area (Å²) in [5.74, 6) is -2.43. The van der Waals surface area contributed by atoms with Crippen molar-refractivity contribution in [2.45, 2.75) is 0 Å². The number of aldehydes is 2. The molecule has 2 aromatic heterocycles. The van der Waals surface area contributed by atoms with Gasteiger partial charge in [-0.15, -0.1) is 22.7 Å². The molecule has 4 heterocycles. The number of carbonyl (C=O) groups excluding carboxylic acids is 6. The number of carbonyl (C=O) groups is 6. The highest BCUT2D eigenvalue weighted by atomic mass is 32.1. The summed E-state index contributed by atoms with van der Waals surface area (Å²) in [6.07, 6.45) is 1.38. The molecule has 2 aliphatic heterocycles. The second kappa shape index (κ2) is 7.36. The number of hydrogen-bond acceptors (Lipinski definition) is 8. The monoisotopic (exact) mass is 500 g/mol. The molecule has 0 saturated carbocycles. The van der Waals surface area contributed by atoms with Gasteiger partial charge in [0.1, 0.15) is 0 Å². The first-order chi connectivity index (χ1) is 16.8. The fourth-order valence-electron chi connectivity index (χ4n) is 4.63. The maximum absolute atomic E-state index is 13.4. The standard InChI is InChI=1S/C25H12N2O6S2/c1-27-24(32)15-7-12(16-4-2-10(8-28)34-16)20-18-14(22(30)26-23(20)31)6-13(21(19(15)18)25(27)33)17-5-3-11(9-29)35-17/h2-9H,1H3,(H,26,30,31).